The Labute approximate surface area is 138 Å². The number of carbonyl (C=O) groups is 1. The third-order valence-corrected chi connectivity index (χ3v) is 4.34. The Morgan fingerprint density at radius 3 is 2.77 bits per heavy atom. The molecule has 1 aromatic carbocycles. The van der Waals surface area contributed by atoms with Crippen molar-refractivity contribution in [2.75, 3.05) is 6.61 Å². The molecule has 1 atom stereocenters. The number of halogens is 2. The normalized spacial score (nSPS) is 12.2. The summed E-state index contributed by atoms with van der Waals surface area (Å²) < 4.78 is 18.3. The van der Waals surface area contributed by atoms with E-state index in [-0.39, 0.29) is 35.2 Å². The van der Waals surface area contributed by atoms with Crippen LogP contribution in [-0.2, 0) is 4.79 Å². The first kappa shape index (κ1) is 16.8. The third-order valence-electron chi connectivity index (χ3n) is 3.09. The lowest BCUT2D eigenvalue weighted by atomic mass is 10.0. The van der Waals surface area contributed by atoms with Gasteiger partial charge >= 0.3 is 0 Å². The molecule has 0 unspecified atom stereocenters. The molecule has 1 amide bonds. The van der Waals surface area contributed by atoms with Gasteiger partial charge in [0.2, 0.25) is 0 Å². The number of hydrogen-bond acceptors (Lipinski definition) is 3. The average molecular weight is 342 g/mol. The monoisotopic (exact) mass is 341 g/mol. The van der Waals surface area contributed by atoms with Crippen LogP contribution in [0, 0.1) is 11.7 Å². The van der Waals surface area contributed by atoms with E-state index in [2.05, 4.69) is 5.32 Å². The second-order valence-corrected chi connectivity index (χ2v) is 6.55. The summed E-state index contributed by atoms with van der Waals surface area (Å²) in [6.45, 7) is 3.92. The summed E-state index contributed by atoms with van der Waals surface area (Å²) in [6, 6.07) is 7.69. The minimum absolute atomic E-state index is 0.0558. The van der Waals surface area contributed by atoms with Crippen LogP contribution in [0.2, 0.25) is 5.02 Å². The van der Waals surface area contributed by atoms with E-state index >= 15 is 0 Å². The van der Waals surface area contributed by atoms with Crippen molar-refractivity contribution in [3.63, 3.8) is 0 Å². The molecule has 3 nitrogen and oxygen atoms in total. The van der Waals surface area contributed by atoms with Gasteiger partial charge in [0.25, 0.3) is 5.91 Å². The maximum Gasteiger partial charge on any atom is 0.258 e. The van der Waals surface area contributed by atoms with E-state index in [4.69, 9.17) is 16.3 Å². The fourth-order valence-electron chi connectivity index (χ4n) is 1.99. The van der Waals surface area contributed by atoms with E-state index in [0.717, 1.165) is 10.9 Å². The van der Waals surface area contributed by atoms with Crippen LogP contribution in [-0.4, -0.2) is 12.5 Å². The fraction of sp³-hybridized carbons (Fsp3) is 0.312. The average Bonchev–Trinajstić information content (AvgIpc) is 2.97. The van der Waals surface area contributed by atoms with Gasteiger partial charge in [-0.25, -0.2) is 4.39 Å². The Balaban J connectivity index is 1.94. The first-order valence-corrected chi connectivity index (χ1v) is 8.13. The molecule has 118 valence electrons. The molecule has 0 aliphatic heterocycles. The Morgan fingerprint density at radius 2 is 2.18 bits per heavy atom. The minimum atomic E-state index is -0.445. The first-order valence-electron chi connectivity index (χ1n) is 6.88. The highest BCUT2D eigenvalue weighted by Crippen LogP contribution is 2.26. The summed E-state index contributed by atoms with van der Waals surface area (Å²) in [5.41, 5.74) is 0. The molecule has 0 aliphatic carbocycles. The zero-order valence-corrected chi connectivity index (χ0v) is 13.9. The molecule has 0 spiro atoms. The molecule has 2 aromatic rings. The SMILES string of the molecule is CC(C)[C@@H](NC(=O)COc1ccc(F)cc1Cl)c1cccs1. The predicted octanol–water partition coefficient (Wildman–Crippen LogP) is 4.43. The van der Waals surface area contributed by atoms with Crippen molar-refractivity contribution in [1.82, 2.24) is 5.32 Å². The third kappa shape index (κ3) is 4.45. The topological polar surface area (TPSA) is 38.3 Å². The highest BCUT2D eigenvalue weighted by atomic mass is 35.5. The van der Waals surface area contributed by atoms with Crippen LogP contribution in [0.5, 0.6) is 5.75 Å². The van der Waals surface area contributed by atoms with Crippen molar-refractivity contribution in [1.29, 1.82) is 0 Å². The van der Waals surface area contributed by atoms with Gasteiger partial charge in [0.05, 0.1) is 11.1 Å². The van der Waals surface area contributed by atoms with Gasteiger partial charge in [0, 0.05) is 4.88 Å². The summed E-state index contributed by atoms with van der Waals surface area (Å²) in [5.74, 6) is -0.140. The lowest BCUT2D eigenvalue weighted by Crippen LogP contribution is -2.34. The summed E-state index contributed by atoms with van der Waals surface area (Å²) in [5, 5.41) is 5.07. The molecular weight excluding hydrogens is 325 g/mol. The zero-order chi connectivity index (χ0) is 16.1. The largest absolute Gasteiger partial charge is 0.482 e. The maximum absolute atomic E-state index is 12.9. The van der Waals surface area contributed by atoms with Crippen LogP contribution in [0.15, 0.2) is 35.7 Å². The Morgan fingerprint density at radius 1 is 1.41 bits per heavy atom. The van der Waals surface area contributed by atoms with E-state index in [0.29, 0.717) is 0 Å². The lowest BCUT2D eigenvalue weighted by molar-refractivity contribution is -0.124. The standard InChI is InChI=1S/C16H17ClFNO2S/c1-10(2)16(14-4-3-7-22-14)19-15(20)9-21-13-6-5-11(18)8-12(13)17/h3-8,10,16H,9H2,1-2H3,(H,19,20)/t16-/m1/s1. The number of rotatable bonds is 6. The summed E-state index contributed by atoms with van der Waals surface area (Å²) >= 11 is 7.46. The second kappa shape index (κ2) is 7.61. The van der Waals surface area contributed by atoms with Gasteiger partial charge in [0.15, 0.2) is 6.61 Å². The molecule has 0 aliphatic rings. The molecule has 1 aromatic heterocycles. The van der Waals surface area contributed by atoms with Crippen LogP contribution in [0.4, 0.5) is 4.39 Å². The maximum atomic E-state index is 12.9. The predicted molar refractivity (Wildman–Crippen MR) is 86.9 cm³/mol. The molecule has 22 heavy (non-hydrogen) atoms. The van der Waals surface area contributed by atoms with E-state index in [1.54, 1.807) is 11.3 Å². The number of amides is 1. The number of thiophene rings is 1. The highest BCUT2D eigenvalue weighted by molar-refractivity contribution is 7.10. The van der Waals surface area contributed by atoms with Crippen molar-refractivity contribution in [3.8, 4) is 5.75 Å². The van der Waals surface area contributed by atoms with Crippen LogP contribution in [0.1, 0.15) is 24.8 Å². The van der Waals surface area contributed by atoms with E-state index < -0.39 is 5.82 Å². The smallest absolute Gasteiger partial charge is 0.258 e. The van der Waals surface area contributed by atoms with Crippen LogP contribution in [0.25, 0.3) is 0 Å². The number of nitrogens with one attached hydrogen (secondary N) is 1. The molecular formula is C16H17ClFNO2S. The summed E-state index contributed by atoms with van der Waals surface area (Å²) in [4.78, 5) is 13.2. The number of hydrogen-bond donors (Lipinski definition) is 1. The van der Waals surface area contributed by atoms with Crippen molar-refractivity contribution < 1.29 is 13.9 Å². The van der Waals surface area contributed by atoms with Crippen LogP contribution in [0.3, 0.4) is 0 Å². The number of benzene rings is 1. The highest BCUT2D eigenvalue weighted by Gasteiger charge is 2.19. The van der Waals surface area contributed by atoms with E-state index in [1.807, 2.05) is 31.4 Å². The van der Waals surface area contributed by atoms with Crippen molar-refractivity contribution in [2.24, 2.45) is 5.92 Å². The zero-order valence-electron chi connectivity index (χ0n) is 12.3. The summed E-state index contributed by atoms with van der Waals surface area (Å²) in [6.07, 6.45) is 0. The Kier molecular flexibility index (Phi) is 5.80. The van der Waals surface area contributed by atoms with Crippen LogP contribution >= 0.6 is 22.9 Å². The molecule has 6 heteroatoms. The molecule has 0 bridgehead atoms. The molecule has 1 N–H and O–H groups in total. The van der Waals surface area contributed by atoms with Crippen molar-refractivity contribution in [3.05, 3.63) is 51.4 Å². The van der Waals surface area contributed by atoms with E-state index in [9.17, 15) is 9.18 Å². The molecule has 0 radical (unpaired) electrons. The molecule has 0 fully saturated rings. The van der Waals surface area contributed by atoms with Gasteiger partial charge in [-0.05, 0) is 35.6 Å². The van der Waals surface area contributed by atoms with Gasteiger partial charge in [-0.15, -0.1) is 11.3 Å². The van der Waals surface area contributed by atoms with Gasteiger partial charge in [0.1, 0.15) is 11.6 Å². The van der Waals surface area contributed by atoms with Crippen molar-refractivity contribution in [2.45, 2.75) is 19.9 Å². The summed E-state index contributed by atoms with van der Waals surface area (Å²) in [7, 11) is 0. The number of ether oxygens (including phenoxy) is 1. The number of carbonyl (C=O) groups excluding carboxylic acids is 1. The van der Waals surface area contributed by atoms with Gasteiger partial charge in [-0.1, -0.05) is 31.5 Å². The second-order valence-electron chi connectivity index (χ2n) is 5.17. The van der Waals surface area contributed by atoms with Crippen molar-refractivity contribution >= 4 is 28.8 Å². The Hall–Kier alpha value is -1.59. The molecule has 0 saturated heterocycles. The Bertz CT molecular complexity index is 631. The molecule has 0 saturated carbocycles. The molecule has 2 rings (SSSR count). The quantitative estimate of drug-likeness (QED) is 0.844. The van der Waals surface area contributed by atoms with Gasteiger partial charge in [-0.3, -0.25) is 4.79 Å². The van der Waals surface area contributed by atoms with Crippen LogP contribution < -0.4 is 10.1 Å². The fourth-order valence-corrected chi connectivity index (χ4v) is 3.16. The van der Waals surface area contributed by atoms with Gasteiger partial charge < -0.3 is 10.1 Å². The minimum Gasteiger partial charge on any atom is -0.482 e. The lowest BCUT2D eigenvalue weighted by Gasteiger charge is -2.21. The van der Waals surface area contributed by atoms with E-state index in [1.165, 1.54) is 12.1 Å². The first-order chi connectivity index (χ1) is 10.5. The van der Waals surface area contributed by atoms with Gasteiger partial charge in [-0.2, -0.15) is 0 Å². The molecule has 1 heterocycles.